The topological polar surface area (TPSA) is 69.1 Å². The van der Waals surface area contributed by atoms with Crippen LogP contribution in [0.15, 0.2) is 0 Å². The molecule has 0 saturated heterocycles. The molecule has 0 spiro atoms. The van der Waals surface area contributed by atoms with E-state index in [4.69, 9.17) is 11.5 Å². The average Bonchev–Trinajstić information content (AvgIpc) is 2.61. The Bertz CT molecular complexity index is 344. The van der Waals surface area contributed by atoms with E-state index in [1.54, 1.807) is 0 Å². The van der Waals surface area contributed by atoms with E-state index < -0.39 is 5.54 Å². The van der Waals surface area contributed by atoms with E-state index in [0.29, 0.717) is 17.8 Å². The fraction of sp³-hybridized carbons (Fsp3) is 0.833. The van der Waals surface area contributed by atoms with Crippen LogP contribution in [-0.2, 0) is 4.79 Å². The lowest BCUT2D eigenvalue weighted by molar-refractivity contribution is -0.121. The van der Waals surface area contributed by atoms with Gasteiger partial charge in [-0.25, -0.2) is 0 Å². The molecule has 2 fully saturated rings. The molecule has 0 bridgehead atoms. The van der Waals surface area contributed by atoms with Crippen molar-refractivity contribution >= 4 is 22.3 Å². The summed E-state index contributed by atoms with van der Waals surface area (Å²) < 4.78 is 0. The van der Waals surface area contributed by atoms with Gasteiger partial charge in [-0.3, -0.25) is 4.79 Å². The zero-order valence-corrected chi connectivity index (χ0v) is 10.9. The number of carbonyl (C=O) groups excluding carboxylic acids is 1. The van der Waals surface area contributed by atoms with Gasteiger partial charge in [-0.15, -0.1) is 0 Å². The number of primary amides is 1. The maximum atomic E-state index is 11.3. The van der Waals surface area contributed by atoms with Gasteiger partial charge in [0.2, 0.25) is 5.91 Å². The molecule has 16 heavy (non-hydrogen) atoms. The third-order valence-corrected chi connectivity index (χ3v) is 5.55. The van der Waals surface area contributed by atoms with Crippen LogP contribution < -0.4 is 11.5 Å². The fourth-order valence-corrected chi connectivity index (χ4v) is 4.27. The van der Waals surface area contributed by atoms with Gasteiger partial charge in [0.1, 0.15) is 5.54 Å². The molecule has 2 aliphatic carbocycles. The van der Waals surface area contributed by atoms with Gasteiger partial charge in [0.25, 0.3) is 0 Å². The number of rotatable bonds is 4. The van der Waals surface area contributed by atoms with E-state index >= 15 is 0 Å². The van der Waals surface area contributed by atoms with Crippen LogP contribution in [0.4, 0.5) is 0 Å². The monoisotopic (exact) mass is 242 g/mol. The third kappa shape index (κ3) is 1.63. The number of amides is 1. The quantitative estimate of drug-likeness (QED) is 0.716. The van der Waals surface area contributed by atoms with Gasteiger partial charge >= 0.3 is 0 Å². The summed E-state index contributed by atoms with van der Waals surface area (Å²) in [6.45, 7) is 2.23. The second-order valence-electron chi connectivity index (χ2n) is 5.56. The molecule has 0 aromatic heterocycles. The van der Waals surface area contributed by atoms with Gasteiger partial charge in [-0.1, -0.05) is 12.8 Å². The number of nitrogens with two attached hydrogens (primary N) is 2. The Kier molecular flexibility index (Phi) is 2.91. The lowest BCUT2D eigenvalue weighted by Crippen LogP contribution is -2.45. The molecule has 4 N–H and O–H groups in total. The SMILES string of the molecule is C=S(C)CCC1C[C@H]2[C@@H]([C@@H]1C)[C@]2(N)C(N)=O. The van der Waals surface area contributed by atoms with Crippen molar-refractivity contribution in [3.63, 3.8) is 0 Å². The largest absolute Gasteiger partial charge is 0.368 e. The Balaban J connectivity index is 1.94. The van der Waals surface area contributed by atoms with Crippen LogP contribution in [0.25, 0.3) is 0 Å². The van der Waals surface area contributed by atoms with Crippen molar-refractivity contribution in [2.45, 2.75) is 25.3 Å². The minimum atomic E-state index is -0.672. The van der Waals surface area contributed by atoms with Crippen molar-refractivity contribution in [2.24, 2.45) is 35.1 Å². The molecule has 0 aromatic carbocycles. The molecule has 0 heterocycles. The number of carbonyl (C=O) groups is 1. The van der Waals surface area contributed by atoms with Crippen molar-refractivity contribution < 1.29 is 4.79 Å². The minimum absolute atomic E-state index is 0.276. The predicted molar refractivity (Wildman–Crippen MR) is 70.5 cm³/mol. The highest BCUT2D eigenvalue weighted by Crippen LogP contribution is 2.64. The van der Waals surface area contributed by atoms with Gasteiger partial charge in [0, 0.05) is 0 Å². The summed E-state index contributed by atoms with van der Waals surface area (Å²) in [5.74, 6) is 6.90. The lowest BCUT2D eigenvalue weighted by atomic mass is 9.86. The van der Waals surface area contributed by atoms with E-state index in [-0.39, 0.29) is 16.4 Å². The first-order chi connectivity index (χ1) is 7.39. The van der Waals surface area contributed by atoms with E-state index in [1.807, 2.05) is 0 Å². The van der Waals surface area contributed by atoms with Gasteiger partial charge < -0.3 is 11.5 Å². The highest BCUT2D eigenvalue weighted by atomic mass is 32.2. The molecule has 4 heteroatoms. The first-order valence-electron chi connectivity index (χ1n) is 5.90. The third-order valence-electron chi connectivity index (χ3n) is 4.62. The highest BCUT2D eigenvalue weighted by Gasteiger charge is 2.72. The van der Waals surface area contributed by atoms with E-state index in [0.717, 1.165) is 12.3 Å². The molecular formula is C12H22N2OS. The molecule has 2 unspecified atom stereocenters. The summed E-state index contributed by atoms with van der Waals surface area (Å²) in [6, 6.07) is 0. The first kappa shape index (κ1) is 12.1. The second-order valence-corrected chi connectivity index (χ2v) is 7.53. The Hall–Kier alpha value is -0.350. The van der Waals surface area contributed by atoms with Crippen molar-refractivity contribution in [1.82, 2.24) is 0 Å². The summed E-state index contributed by atoms with van der Waals surface area (Å²) in [5.41, 5.74) is 10.8. The first-order valence-corrected chi connectivity index (χ1v) is 7.87. The van der Waals surface area contributed by atoms with Crippen LogP contribution in [0.5, 0.6) is 0 Å². The molecule has 92 valence electrons. The smallest absolute Gasteiger partial charge is 0.238 e. The molecule has 1 amide bonds. The predicted octanol–water partition coefficient (Wildman–Crippen LogP) is 0.792. The minimum Gasteiger partial charge on any atom is -0.368 e. The van der Waals surface area contributed by atoms with E-state index in [2.05, 4.69) is 19.0 Å². The molecule has 2 saturated carbocycles. The average molecular weight is 242 g/mol. The summed E-state index contributed by atoms with van der Waals surface area (Å²) >= 11 is 0. The Morgan fingerprint density at radius 1 is 1.62 bits per heavy atom. The summed E-state index contributed by atoms with van der Waals surface area (Å²) in [6.07, 6.45) is 4.49. The standard InChI is InChI=1S/C12H22N2OS/c1-7-8(4-5-16(2)3)6-9-10(7)12(9,14)11(13)15/h7-10H,2,4-6,14H2,1,3H3,(H2,13,15)/t7-,8?,9+,10-,12+,16?/m1/s1. The van der Waals surface area contributed by atoms with Crippen LogP contribution in [0.3, 0.4) is 0 Å². The summed E-state index contributed by atoms with van der Waals surface area (Å²) in [5, 5.41) is 0. The zero-order chi connectivity index (χ0) is 12.1. The van der Waals surface area contributed by atoms with Crippen LogP contribution >= 0.6 is 10.5 Å². The van der Waals surface area contributed by atoms with Crippen LogP contribution in [0.1, 0.15) is 19.8 Å². The van der Waals surface area contributed by atoms with Crippen molar-refractivity contribution in [1.29, 1.82) is 0 Å². The van der Waals surface area contributed by atoms with Crippen LogP contribution in [-0.4, -0.2) is 29.3 Å². The number of fused-ring (bicyclic) bond motifs is 1. The van der Waals surface area contributed by atoms with Gasteiger partial charge in [-0.2, -0.15) is 10.5 Å². The normalized spacial score (nSPS) is 47.4. The molecule has 0 aromatic rings. The van der Waals surface area contributed by atoms with Crippen LogP contribution in [0.2, 0.25) is 0 Å². The second kappa shape index (κ2) is 3.84. The van der Waals surface area contributed by atoms with Gasteiger partial charge in [-0.05, 0) is 48.5 Å². The maximum absolute atomic E-state index is 11.3. The Morgan fingerprint density at radius 2 is 2.25 bits per heavy atom. The lowest BCUT2D eigenvalue weighted by Gasteiger charge is -2.24. The summed E-state index contributed by atoms with van der Waals surface area (Å²) in [4.78, 5) is 11.3. The zero-order valence-electron chi connectivity index (χ0n) is 10.1. The molecular weight excluding hydrogens is 220 g/mol. The Morgan fingerprint density at radius 3 is 2.62 bits per heavy atom. The molecule has 3 nitrogen and oxygen atoms in total. The number of hydrogen-bond donors (Lipinski definition) is 2. The van der Waals surface area contributed by atoms with E-state index in [1.165, 1.54) is 12.2 Å². The molecule has 6 atom stereocenters. The number of hydrogen-bond acceptors (Lipinski definition) is 2. The van der Waals surface area contributed by atoms with Crippen molar-refractivity contribution in [3.8, 4) is 0 Å². The summed E-state index contributed by atoms with van der Waals surface area (Å²) in [7, 11) is 0.276. The molecule has 0 aliphatic heterocycles. The molecule has 0 radical (unpaired) electrons. The van der Waals surface area contributed by atoms with Gasteiger partial charge in [0.15, 0.2) is 0 Å². The molecule has 2 rings (SSSR count). The maximum Gasteiger partial charge on any atom is 0.238 e. The van der Waals surface area contributed by atoms with E-state index in [9.17, 15) is 4.79 Å². The molecule has 2 aliphatic rings. The van der Waals surface area contributed by atoms with Crippen LogP contribution in [0, 0.1) is 23.7 Å². The fourth-order valence-electron chi connectivity index (χ4n) is 3.57. The highest BCUT2D eigenvalue weighted by molar-refractivity contribution is 8.13. The Labute approximate surface area is 99.9 Å². The van der Waals surface area contributed by atoms with Crippen molar-refractivity contribution in [3.05, 3.63) is 0 Å². The van der Waals surface area contributed by atoms with Gasteiger partial charge in [0.05, 0.1) is 0 Å². The van der Waals surface area contributed by atoms with Crippen molar-refractivity contribution in [2.75, 3.05) is 12.0 Å².